The molecule has 0 aromatic heterocycles. The second-order valence-corrected chi connectivity index (χ2v) is 3.30. The summed E-state index contributed by atoms with van der Waals surface area (Å²) in [5, 5.41) is 3.24. The van der Waals surface area contributed by atoms with Gasteiger partial charge in [-0.2, -0.15) is 0 Å². The Balaban J connectivity index is 2.82. The molecule has 2 N–H and O–H groups in total. The van der Waals surface area contributed by atoms with Crippen LogP contribution in [0.2, 0.25) is 0 Å². The van der Waals surface area contributed by atoms with Crippen LogP contribution < -0.4 is 10.8 Å². The first kappa shape index (κ1) is 11.9. The Morgan fingerprint density at radius 3 is 2.67 bits per heavy atom. The molecule has 0 radical (unpaired) electrons. The lowest BCUT2D eigenvalue weighted by Crippen LogP contribution is -2.22. The van der Waals surface area contributed by atoms with Gasteiger partial charge in [-0.1, -0.05) is 20.8 Å². The Labute approximate surface area is 75.8 Å². The molecule has 0 amide bonds. The number of hydrogen-bond donors (Lipinski definition) is 2. The van der Waals surface area contributed by atoms with Crippen molar-refractivity contribution in [2.24, 2.45) is 5.92 Å². The molecule has 0 aromatic carbocycles. The Morgan fingerprint density at radius 2 is 2.08 bits per heavy atom. The predicted octanol–water partition coefficient (Wildman–Crippen LogP) is 1.16. The monoisotopic (exact) mass is 174 g/mol. The maximum absolute atomic E-state index is 5.20. The van der Waals surface area contributed by atoms with E-state index in [1.807, 2.05) is 0 Å². The minimum atomic E-state index is 0.652. The molecule has 0 saturated carbocycles. The smallest absolute Gasteiger partial charge is 0.0694 e. The lowest BCUT2D eigenvalue weighted by Gasteiger charge is -2.07. The van der Waals surface area contributed by atoms with Crippen molar-refractivity contribution in [1.29, 1.82) is 0 Å². The minimum Gasteiger partial charge on any atom is -0.317 e. The number of nitrogens with one attached hydrogen (secondary N) is 2. The molecule has 0 rings (SSSR count). The topological polar surface area (TPSA) is 33.3 Å². The first-order valence-electron chi connectivity index (χ1n) is 4.82. The second kappa shape index (κ2) is 8.97. The van der Waals surface area contributed by atoms with E-state index in [9.17, 15) is 0 Å². The van der Waals surface area contributed by atoms with Crippen molar-refractivity contribution < 1.29 is 4.84 Å². The highest BCUT2D eigenvalue weighted by Gasteiger charge is 1.92. The van der Waals surface area contributed by atoms with Gasteiger partial charge in [-0.05, 0) is 25.4 Å². The second-order valence-electron chi connectivity index (χ2n) is 3.30. The number of rotatable bonds is 8. The predicted molar refractivity (Wildman–Crippen MR) is 52.0 cm³/mol. The summed E-state index contributed by atoms with van der Waals surface area (Å²) < 4.78 is 0. The Morgan fingerprint density at radius 1 is 1.33 bits per heavy atom. The van der Waals surface area contributed by atoms with E-state index in [-0.39, 0.29) is 0 Å². The van der Waals surface area contributed by atoms with Crippen molar-refractivity contribution in [3.05, 3.63) is 0 Å². The van der Waals surface area contributed by atoms with Gasteiger partial charge in [0, 0.05) is 6.54 Å². The van der Waals surface area contributed by atoms with E-state index in [4.69, 9.17) is 4.84 Å². The van der Waals surface area contributed by atoms with Crippen LogP contribution in [0.4, 0.5) is 0 Å². The third kappa shape index (κ3) is 9.88. The van der Waals surface area contributed by atoms with E-state index < -0.39 is 0 Å². The van der Waals surface area contributed by atoms with Gasteiger partial charge in [-0.3, -0.25) is 0 Å². The van der Waals surface area contributed by atoms with Gasteiger partial charge in [0.1, 0.15) is 0 Å². The third-order valence-corrected chi connectivity index (χ3v) is 1.44. The van der Waals surface area contributed by atoms with Crippen molar-refractivity contribution in [3.8, 4) is 0 Å². The highest BCUT2D eigenvalue weighted by Crippen LogP contribution is 1.87. The fraction of sp³-hybridized carbons (Fsp3) is 1.00. The van der Waals surface area contributed by atoms with E-state index >= 15 is 0 Å². The first-order valence-corrected chi connectivity index (χ1v) is 4.82. The standard InChI is InChI=1S/C9H22N2O/c1-4-10-6-5-7-12-11-8-9(2)3/h9-11H,4-8H2,1-3H3. The molecule has 0 spiro atoms. The molecule has 0 saturated heterocycles. The maximum Gasteiger partial charge on any atom is 0.0694 e. The van der Waals surface area contributed by atoms with E-state index in [2.05, 4.69) is 31.6 Å². The lowest BCUT2D eigenvalue weighted by molar-refractivity contribution is 0.0336. The maximum atomic E-state index is 5.20. The molecule has 74 valence electrons. The molecular formula is C9H22N2O. The summed E-state index contributed by atoms with van der Waals surface area (Å²) in [6, 6.07) is 0. The molecule has 0 aliphatic rings. The van der Waals surface area contributed by atoms with Gasteiger partial charge in [-0.25, -0.2) is 5.48 Å². The molecule has 0 aliphatic carbocycles. The Hall–Kier alpha value is -0.120. The van der Waals surface area contributed by atoms with E-state index in [1.165, 1.54) is 0 Å². The molecule has 0 aromatic rings. The molecule has 3 nitrogen and oxygen atoms in total. The number of hydroxylamine groups is 1. The van der Waals surface area contributed by atoms with E-state index in [0.717, 1.165) is 32.7 Å². The average molecular weight is 174 g/mol. The van der Waals surface area contributed by atoms with Gasteiger partial charge >= 0.3 is 0 Å². The van der Waals surface area contributed by atoms with Crippen molar-refractivity contribution in [1.82, 2.24) is 10.8 Å². The molecule has 0 unspecified atom stereocenters. The van der Waals surface area contributed by atoms with Gasteiger partial charge < -0.3 is 10.2 Å². The van der Waals surface area contributed by atoms with Gasteiger partial charge in [0.2, 0.25) is 0 Å². The van der Waals surface area contributed by atoms with Crippen LogP contribution in [0.15, 0.2) is 0 Å². The Bertz CT molecular complexity index is 86.6. The van der Waals surface area contributed by atoms with Crippen LogP contribution in [0, 0.1) is 5.92 Å². The molecule has 0 fully saturated rings. The summed E-state index contributed by atoms with van der Waals surface area (Å²) in [7, 11) is 0. The molecule has 0 atom stereocenters. The van der Waals surface area contributed by atoms with Crippen molar-refractivity contribution in [2.75, 3.05) is 26.2 Å². The van der Waals surface area contributed by atoms with E-state index in [0.29, 0.717) is 5.92 Å². The third-order valence-electron chi connectivity index (χ3n) is 1.44. The van der Waals surface area contributed by atoms with Crippen LogP contribution >= 0.6 is 0 Å². The zero-order valence-electron chi connectivity index (χ0n) is 8.52. The fourth-order valence-corrected chi connectivity index (χ4v) is 0.744. The molecule has 0 heterocycles. The number of hydrogen-bond acceptors (Lipinski definition) is 3. The van der Waals surface area contributed by atoms with E-state index in [1.54, 1.807) is 0 Å². The highest BCUT2D eigenvalue weighted by molar-refractivity contribution is 4.44. The minimum absolute atomic E-state index is 0.652. The van der Waals surface area contributed by atoms with Crippen molar-refractivity contribution in [2.45, 2.75) is 27.2 Å². The summed E-state index contributed by atoms with van der Waals surface area (Å²) in [5.74, 6) is 0.652. The normalized spacial score (nSPS) is 11.0. The summed E-state index contributed by atoms with van der Waals surface area (Å²) in [6.45, 7) is 10.2. The lowest BCUT2D eigenvalue weighted by atomic mass is 10.2. The van der Waals surface area contributed by atoms with Gasteiger partial charge in [0.25, 0.3) is 0 Å². The molecule has 12 heavy (non-hydrogen) atoms. The zero-order chi connectivity index (χ0) is 9.23. The highest BCUT2D eigenvalue weighted by atomic mass is 16.6. The zero-order valence-corrected chi connectivity index (χ0v) is 8.52. The summed E-state index contributed by atoms with van der Waals surface area (Å²) >= 11 is 0. The van der Waals surface area contributed by atoms with Crippen LogP contribution in [0.25, 0.3) is 0 Å². The quantitative estimate of drug-likeness (QED) is 0.428. The molecule has 0 bridgehead atoms. The van der Waals surface area contributed by atoms with Crippen molar-refractivity contribution in [3.63, 3.8) is 0 Å². The average Bonchev–Trinajstić information content (AvgIpc) is 2.02. The molecular weight excluding hydrogens is 152 g/mol. The molecule has 3 heteroatoms. The summed E-state index contributed by atoms with van der Waals surface area (Å²) in [6.07, 6.45) is 1.07. The van der Waals surface area contributed by atoms with Crippen LogP contribution in [0.5, 0.6) is 0 Å². The summed E-state index contributed by atoms with van der Waals surface area (Å²) in [5.41, 5.74) is 2.93. The SMILES string of the molecule is CCNCCCONCC(C)C. The first-order chi connectivity index (χ1) is 5.77. The van der Waals surface area contributed by atoms with Crippen LogP contribution in [-0.4, -0.2) is 26.2 Å². The van der Waals surface area contributed by atoms with Crippen LogP contribution in [-0.2, 0) is 4.84 Å². The van der Waals surface area contributed by atoms with Gasteiger partial charge in [0.15, 0.2) is 0 Å². The van der Waals surface area contributed by atoms with Crippen molar-refractivity contribution >= 4 is 0 Å². The van der Waals surface area contributed by atoms with Crippen LogP contribution in [0.1, 0.15) is 27.2 Å². The molecule has 0 aliphatic heterocycles. The Kier molecular flexibility index (Phi) is 8.88. The largest absolute Gasteiger partial charge is 0.317 e. The summed E-state index contributed by atoms with van der Waals surface area (Å²) in [4.78, 5) is 5.20. The van der Waals surface area contributed by atoms with Gasteiger partial charge in [0.05, 0.1) is 6.61 Å². The van der Waals surface area contributed by atoms with Gasteiger partial charge in [-0.15, -0.1) is 0 Å². The van der Waals surface area contributed by atoms with Crippen LogP contribution in [0.3, 0.4) is 0 Å². The fourth-order valence-electron chi connectivity index (χ4n) is 0.744.